The summed E-state index contributed by atoms with van der Waals surface area (Å²) < 4.78 is 53.3. The van der Waals surface area contributed by atoms with Crippen LogP contribution >= 0.6 is 0 Å². The summed E-state index contributed by atoms with van der Waals surface area (Å²) in [5.74, 6) is -2.18. The fourth-order valence-electron chi connectivity index (χ4n) is 3.09. The lowest BCUT2D eigenvalue weighted by molar-refractivity contribution is -0.120. The maximum Gasteiger partial charge on any atom is 0.228 e. The van der Waals surface area contributed by atoms with Crippen molar-refractivity contribution in [2.45, 2.75) is 18.6 Å². The number of benzene rings is 2. The summed E-state index contributed by atoms with van der Waals surface area (Å²) in [5.41, 5.74) is 0.558. The van der Waals surface area contributed by atoms with Crippen molar-refractivity contribution in [3.63, 3.8) is 0 Å². The van der Waals surface area contributed by atoms with Crippen molar-refractivity contribution in [2.24, 2.45) is 5.92 Å². The van der Waals surface area contributed by atoms with Crippen molar-refractivity contribution in [1.82, 2.24) is 4.31 Å². The molecule has 0 aliphatic carbocycles. The predicted octanol–water partition coefficient (Wildman–Crippen LogP) is 3.15. The second kappa shape index (κ2) is 8.14. The molecule has 144 valence electrons. The summed E-state index contributed by atoms with van der Waals surface area (Å²) >= 11 is 0. The summed E-state index contributed by atoms with van der Waals surface area (Å²) in [6.45, 7) is 0.372. The molecular formula is C19H20F2N2O3S. The van der Waals surface area contributed by atoms with Crippen molar-refractivity contribution in [1.29, 1.82) is 0 Å². The smallest absolute Gasteiger partial charge is 0.228 e. The quantitative estimate of drug-likeness (QED) is 0.847. The van der Waals surface area contributed by atoms with E-state index in [1.807, 2.05) is 0 Å². The molecule has 2 aromatic rings. The number of carbonyl (C=O) groups is 1. The van der Waals surface area contributed by atoms with Gasteiger partial charge >= 0.3 is 0 Å². The van der Waals surface area contributed by atoms with E-state index in [0.29, 0.717) is 24.9 Å². The third-order valence-corrected chi connectivity index (χ3v) is 6.36. The molecule has 0 spiro atoms. The van der Waals surface area contributed by atoms with E-state index in [9.17, 15) is 22.0 Å². The normalized spacial score (nSPS) is 18.2. The predicted molar refractivity (Wildman–Crippen MR) is 98.4 cm³/mol. The Morgan fingerprint density at radius 2 is 1.81 bits per heavy atom. The number of sulfonamides is 1. The number of anilines is 1. The zero-order chi connectivity index (χ0) is 19.4. The Labute approximate surface area is 157 Å². The molecule has 1 saturated heterocycles. The van der Waals surface area contributed by atoms with E-state index in [1.54, 1.807) is 6.07 Å². The highest BCUT2D eigenvalue weighted by molar-refractivity contribution is 7.88. The molecule has 1 N–H and O–H groups in total. The van der Waals surface area contributed by atoms with Crippen LogP contribution in [0.3, 0.4) is 0 Å². The van der Waals surface area contributed by atoms with Gasteiger partial charge in [-0.2, -0.15) is 0 Å². The third-order valence-electron chi connectivity index (χ3n) is 4.54. The van der Waals surface area contributed by atoms with Gasteiger partial charge in [-0.1, -0.05) is 24.3 Å². The second-order valence-electron chi connectivity index (χ2n) is 6.55. The lowest BCUT2D eigenvalue weighted by atomic mass is 9.98. The minimum Gasteiger partial charge on any atom is -0.323 e. The molecule has 1 aliphatic heterocycles. The van der Waals surface area contributed by atoms with Crippen LogP contribution in [0, 0.1) is 17.6 Å². The highest BCUT2D eigenvalue weighted by Crippen LogP contribution is 2.23. The van der Waals surface area contributed by atoms with E-state index in [4.69, 9.17) is 0 Å². The molecule has 5 nitrogen and oxygen atoms in total. The lowest BCUT2D eigenvalue weighted by Crippen LogP contribution is -2.44. The van der Waals surface area contributed by atoms with E-state index < -0.39 is 33.5 Å². The molecule has 8 heteroatoms. The van der Waals surface area contributed by atoms with Crippen LogP contribution in [0.15, 0.2) is 48.5 Å². The van der Waals surface area contributed by atoms with Gasteiger partial charge in [-0.3, -0.25) is 4.79 Å². The first-order valence-electron chi connectivity index (χ1n) is 8.63. The minimum absolute atomic E-state index is 0.0455. The third kappa shape index (κ3) is 4.90. The maximum atomic E-state index is 13.7. The molecule has 3 rings (SSSR count). The van der Waals surface area contributed by atoms with Gasteiger partial charge < -0.3 is 5.32 Å². The van der Waals surface area contributed by atoms with Gasteiger partial charge in [0.05, 0.1) is 17.4 Å². The van der Waals surface area contributed by atoms with E-state index in [2.05, 4.69) is 5.32 Å². The maximum absolute atomic E-state index is 13.7. The van der Waals surface area contributed by atoms with Crippen molar-refractivity contribution >= 4 is 21.6 Å². The van der Waals surface area contributed by atoms with Crippen LogP contribution in [-0.4, -0.2) is 31.7 Å². The van der Waals surface area contributed by atoms with E-state index in [-0.39, 0.29) is 18.0 Å². The standard InChI is InChI=1S/C19H20F2N2O3S/c20-16-9-7-14(8-10-16)13-27(25,26)23-11-3-4-15(12-23)19(24)22-18-6-2-1-5-17(18)21/h1-2,5-10,15H,3-4,11-13H2,(H,22,24)/t15-/m0/s1. The van der Waals surface area contributed by atoms with E-state index >= 15 is 0 Å². The molecule has 0 radical (unpaired) electrons. The average Bonchev–Trinajstić information content (AvgIpc) is 2.65. The molecule has 1 heterocycles. The van der Waals surface area contributed by atoms with Gasteiger partial charge in [0.2, 0.25) is 15.9 Å². The number of hydrogen-bond acceptors (Lipinski definition) is 3. The van der Waals surface area contributed by atoms with Crippen LogP contribution in [-0.2, 0) is 20.6 Å². The summed E-state index contributed by atoms with van der Waals surface area (Å²) in [6, 6.07) is 11.1. The number of carbonyl (C=O) groups excluding carboxylic acids is 1. The molecule has 0 aromatic heterocycles. The van der Waals surface area contributed by atoms with Gasteiger partial charge in [-0.05, 0) is 42.7 Å². The topological polar surface area (TPSA) is 66.5 Å². The fraction of sp³-hybridized carbons (Fsp3) is 0.316. The molecule has 27 heavy (non-hydrogen) atoms. The lowest BCUT2D eigenvalue weighted by Gasteiger charge is -2.31. The van der Waals surface area contributed by atoms with Crippen molar-refractivity contribution < 1.29 is 22.0 Å². The number of nitrogens with zero attached hydrogens (tertiary/aromatic N) is 1. The van der Waals surface area contributed by atoms with Gasteiger partial charge in [0.1, 0.15) is 11.6 Å². The Balaban J connectivity index is 1.66. The monoisotopic (exact) mass is 394 g/mol. The minimum atomic E-state index is -3.64. The zero-order valence-electron chi connectivity index (χ0n) is 14.6. The number of nitrogens with one attached hydrogen (secondary N) is 1. The van der Waals surface area contributed by atoms with Crippen LogP contribution in [0.1, 0.15) is 18.4 Å². The Hall–Kier alpha value is -2.32. The first-order valence-corrected chi connectivity index (χ1v) is 10.2. The summed E-state index contributed by atoms with van der Waals surface area (Å²) in [4.78, 5) is 12.4. The summed E-state index contributed by atoms with van der Waals surface area (Å²) in [6.07, 6.45) is 1.07. The average molecular weight is 394 g/mol. The summed E-state index contributed by atoms with van der Waals surface area (Å²) in [5, 5.41) is 2.53. The van der Waals surface area contributed by atoms with Crippen molar-refractivity contribution in [2.75, 3.05) is 18.4 Å². The number of rotatable bonds is 5. The first kappa shape index (κ1) is 19.4. The molecule has 0 bridgehead atoms. The largest absolute Gasteiger partial charge is 0.323 e. The van der Waals surface area contributed by atoms with Crippen molar-refractivity contribution in [3.05, 3.63) is 65.7 Å². The van der Waals surface area contributed by atoms with E-state index in [1.165, 1.54) is 46.8 Å². The molecule has 0 unspecified atom stereocenters. The Morgan fingerprint density at radius 1 is 1.11 bits per heavy atom. The molecule has 1 atom stereocenters. The number of amides is 1. The number of halogens is 2. The van der Waals surface area contributed by atoms with E-state index in [0.717, 1.165) is 0 Å². The Kier molecular flexibility index (Phi) is 5.86. The fourth-order valence-corrected chi connectivity index (χ4v) is 4.70. The number of hydrogen-bond donors (Lipinski definition) is 1. The van der Waals surface area contributed by atoms with Gasteiger partial charge in [0, 0.05) is 13.1 Å². The highest BCUT2D eigenvalue weighted by Gasteiger charge is 2.32. The Morgan fingerprint density at radius 3 is 2.52 bits per heavy atom. The Bertz CT molecular complexity index is 917. The van der Waals surface area contributed by atoms with Gasteiger partial charge in [-0.15, -0.1) is 0 Å². The molecule has 1 amide bonds. The molecular weight excluding hydrogens is 374 g/mol. The second-order valence-corrected chi connectivity index (χ2v) is 8.52. The number of piperidine rings is 1. The molecule has 1 aliphatic rings. The van der Waals surface area contributed by atoms with Crippen LogP contribution in [0.25, 0.3) is 0 Å². The summed E-state index contributed by atoms with van der Waals surface area (Å²) in [7, 11) is -3.64. The van der Waals surface area contributed by atoms with Crippen LogP contribution in [0.5, 0.6) is 0 Å². The molecule has 1 fully saturated rings. The van der Waals surface area contributed by atoms with Crippen molar-refractivity contribution in [3.8, 4) is 0 Å². The zero-order valence-corrected chi connectivity index (χ0v) is 15.4. The van der Waals surface area contributed by atoms with Crippen LogP contribution in [0.2, 0.25) is 0 Å². The van der Waals surface area contributed by atoms with Crippen LogP contribution < -0.4 is 5.32 Å². The van der Waals surface area contributed by atoms with Crippen LogP contribution in [0.4, 0.5) is 14.5 Å². The van der Waals surface area contributed by atoms with Gasteiger partial charge in [0.25, 0.3) is 0 Å². The SMILES string of the molecule is O=C(Nc1ccccc1F)[C@H]1CCCN(S(=O)(=O)Cc2ccc(F)cc2)C1. The molecule has 2 aromatic carbocycles. The first-order chi connectivity index (χ1) is 12.8. The highest BCUT2D eigenvalue weighted by atomic mass is 32.2. The molecule has 0 saturated carbocycles. The van der Waals surface area contributed by atoms with Gasteiger partial charge in [0.15, 0.2) is 0 Å². The number of para-hydroxylation sites is 1. The van der Waals surface area contributed by atoms with Gasteiger partial charge in [-0.25, -0.2) is 21.5 Å².